The number of carbonyl (C=O) groups is 2. The molecule has 1 amide bonds. The molecule has 0 atom stereocenters. The van der Waals surface area contributed by atoms with Crippen LogP contribution in [-0.2, 0) is 4.74 Å². The van der Waals surface area contributed by atoms with E-state index in [1.54, 1.807) is 29.2 Å². The normalized spacial score (nSPS) is 10.5. The molecule has 25 heavy (non-hydrogen) atoms. The zero-order chi connectivity index (χ0) is 17.8. The smallest absolute Gasteiger partial charge is 0.337 e. The highest BCUT2D eigenvalue weighted by atomic mass is 16.5. The Bertz CT molecular complexity index is 916. The van der Waals surface area contributed by atoms with Crippen LogP contribution in [0.2, 0.25) is 0 Å². The second kappa shape index (κ2) is 7.18. The molecule has 4 heteroatoms. The Morgan fingerprint density at radius 3 is 2.16 bits per heavy atom. The van der Waals surface area contributed by atoms with Crippen molar-refractivity contribution in [3.63, 3.8) is 0 Å². The number of amides is 1. The quantitative estimate of drug-likeness (QED) is 0.669. The van der Waals surface area contributed by atoms with E-state index in [4.69, 9.17) is 0 Å². The van der Waals surface area contributed by atoms with Crippen LogP contribution in [0.25, 0.3) is 10.8 Å². The van der Waals surface area contributed by atoms with E-state index in [1.807, 2.05) is 49.4 Å². The standard InChI is InChI=1S/C21H19NO3/c1-3-22(19-13-12-15-6-4-5-7-18(15)14-19)20(23)16-8-10-17(11-9-16)21(24)25-2/h4-14H,3H2,1-2H3. The van der Waals surface area contributed by atoms with Crippen molar-refractivity contribution in [2.45, 2.75) is 6.92 Å². The van der Waals surface area contributed by atoms with Gasteiger partial charge in [0, 0.05) is 17.8 Å². The highest BCUT2D eigenvalue weighted by Gasteiger charge is 2.17. The van der Waals surface area contributed by atoms with E-state index in [9.17, 15) is 9.59 Å². The fraction of sp³-hybridized carbons (Fsp3) is 0.143. The second-order valence-corrected chi connectivity index (χ2v) is 5.65. The van der Waals surface area contributed by atoms with Gasteiger partial charge >= 0.3 is 5.97 Å². The molecule has 3 rings (SSSR count). The van der Waals surface area contributed by atoms with Crippen molar-refractivity contribution in [3.05, 3.63) is 77.9 Å². The molecule has 0 bridgehead atoms. The molecule has 3 aromatic rings. The molecule has 0 aliphatic rings. The van der Waals surface area contributed by atoms with Gasteiger partial charge in [-0.3, -0.25) is 4.79 Å². The molecule has 3 aromatic carbocycles. The number of methoxy groups -OCH3 is 1. The monoisotopic (exact) mass is 333 g/mol. The highest BCUT2D eigenvalue weighted by molar-refractivity contribution is 6.07. The number of hydrogen-bond donors (Lipinski definition) is 0. The van der Waals surface area contributed by atoms with Gasteiger partial charge in [-0.05, 0) is 54.1 Å². The van der Waals surface area contributed by atoms with E-state index in [-0.39, 0.29) is 5.91 Å². The Morgan fingerprint density at radius 1 is 0.880 bits per heavy atom. The molecule has 0 heterocycles. The first-order valence-electron chi connectivity index (χ1n) is 8.13. The van der Waals surface area contributed by atoms with Gasteiger partial charge < -0.3 is 9.64 Å². The Balaban J connectivity index is 1.91. The number of hydrogen-bond acceptors (Lipinski definition) is 3. The largest absolute Gasteiger partial charge is 0.465 e. The van der Waals surface area contributed by atoms with E-state index in [1.165, 1.54) is 7.11 Å². The lowest BCUT2D eigenvalue weighted by Gasteiger charge is -2.21. The van der Waals surface area contributed by atoms with Gasteiger partial charge in [-0.25, -0.2) is 4.79 Å². The maximum atomic E-state index is 12.9. The average Bonchev–Trinajstić information content (AvgIpc) is 2.68. The number of fused-ring (bicyclic) bond motifs is 1. The highest BCUT2D eigenvalue weighted by Crippen LogP contribution is 2.23. The van der Waals surface area contributed by atoms with Gasteiger partial charge in [0.25, 0.3) is 5.91 Å². The van der Waals surface area contributed by atoms with E-state index >= 15 is 0 Å². The van der Waals surface area contributed by atoms with Crippen LogP contribution in [0.3, 0.4) is 0 Å². The van der Waals surface area contributed by atoms with Gasteiger partial charge in [0.1, 0.15) is 0 Å². The van der Waals surface area contributed by atoms with Crippen molar-refractivity contribution in [2.75, 3.05) is 18.6 Å². The molecule has 0 radical (unpaired) electrons. The van der Waals surface area contributed by atoms with Gasteiger partial charge in [0.2, 0.25) is 0 Å². The number of esters is 1. The third kappa shape index (κ3) is 3.38. The molecule has 0 fully saturated rings. The summed E-state index contributed by atoms with van der Waals surface area (Å²) in [6.45, 7) is 2.49. The lowest BCUT2D eigenvalue weighted by Crippen LogP contribution is -2.30. The van der Waals surface area contributed by atoms with Crippen LogP contribution in [0.1, 0.15) is 27.6 Å². The fourth-order valence-corrected chi connectivity index (χ4v) is 2.81. The summed E-state index contributed by atoms with van der Waals surface area (Å²) >= 11 is 0. The van der Waals surface area contributed by atoms with Crippen molar-refractivity contribution < 1.29 is 14.3 Å². The molecule has 0 N–H and O–H groups in total. The predicted molar refractivity (Wildman–Crippen MR) is 99.1 cm³/mol. The van der Waals surface area contributed by atoms with Crippen molar-refractivity contribution in [1.82, 2.24) is 0 Å². The summed E-state index contributed by atoms with van der Waals surface area (Å²) in [7, 11) is 1.33. The summed E-state index contributed by atoms with van der Waals surface area (Å²) < 4.78 is 4.68. The lowest BCUT2D eigenvalue weighted by molar-refractivity contribution is 0.0600. The Kier molecular flexibility index (Phi) is 4.80. The van der Waals surface area contributed by atoms with Crippen LogP contribution in [0.15, 0.2) is 66.7 Å². The van der Waals surface area contributed by atoms with Crippen LogP contribution in [0, 0.1) is 0 Å². The Hall–Kier alpha value is -3.14. The number of rotatable bonds is 4. The predicted octanol–water partition coefficient (Wildman–Crippen LogP) is 4.29. The number of ether oxygens (including phenoxy) is 1. The molecule has 4 nitrogen and oxygen atoms in total. The third-order valence-corrected chi connectivity index (χ3v) is 4.16. The molecular formula is C21H19NO3. The van der Waals surface area contributed by atoms with E-state index in [0.29, 0.717) is 17.7 Å². The molecule has 0 aliphatic heterocycles. The molecule has 0 unspecified atom stereocenters. The van der Waals surface area contributed by atoms with Crippen molar-refractivity contribution >= 4 is 28.3 Å². The summed E-state index contributed by atoms with van der Waals surface area (Å²) in [5.41, 5.74) is 1.80. The molecule has 0 saturated heterocycles. The first-order chi connectivity index (χ1) is 12.1. The SMILES string of the molecule is CCN(C(=O)c1ccc(C(=O)OC)cc1)c1ccc2ccccc2c1. The molecule has 0 aromatic heterocycles. The number of carbonyl (C=O) groups excluding carboxylic acids is 2. The summed E-state index contributed by atoms with van der Waals surface area (Å²) in [6, 6.07) is 20.5. The van der Waals surface area contributed by atoms with Gasteiger partial charge in [-0.1, -0.05) is 30.3 Å². The van der Waals surface area contributed by atoms with Crippen LogP contribution in [0.4, 0.5) is 5.69 Å². The van der Waals surface area contributed by atoms with E-state index < -0.39 is 5.97 Å². The minimum absolute atomic E-state index is 0.103. The van der Waals surface area contributed by atoms with Gasteiger partial charge in [-0.15, -0.1) is 0 Å². The van der Waals surface area contributed by atoms with Crippen molar-refractivity contribution in [2.24, 2.45) is 0 Å². The first kappa shape index (κ1) is 16.7. The van der Waals surface area contributed by atoms with Crippen LogP contribution >= 0.6 is 0 Å². The fourth-order valence-electron chi connectivity index (χ4n) is 2.81. The third-order valence-electron chi connectivity index (χ3n) is 4.16. The molecular weight excluding hydrogens is 314 g/mol. The van der Waals surface area contributed by atoms with Gasteiger partial charge in [0.05, 0.1) is 12.7 Å². The van der Waals surface area contributed by atoms with Crippen molar-refractivity contribution in [3.8, 4) is 0 Å². The van der Waals surface area contributed by atoms with Crippen LogP contribution in [-0.4, -0.2) is 25.5 Å². The minimum Gasteiger partial charge on any atom is -0.465 e. The molecule has 0 spiro atoms. The zero-order valence-corrected chi connectivity index (χ0v) is 14.2. The summed E-state index contributed by atoms with van der Waals surface area (Å²) in [4.78, 5) is 26.1. The summed E-state index contributed by atoms with van der Waals surface area (Å²) in [5, 5.41) is 2.23. The van der Waals surface area contributed by atoms with E-state index in [0.717, 1.165) is 16.5 Å². The number of nitrogens with zero attached hydrogens (tertiary/aromatic N) is 1. The maximum Gasteiger partial charge on any atom is 0.337 e. The number of benzene rings is 3. The van der Waals surface area contributed by atoms with E-state index in [2.05, 4.69) is 4.74 Å². The average molecular weight is 333 g/mol. The minimum atomic E-state index is -0.416. The topological polar surface area (TPSA) is 46.6 Å². The molecule has 0 saturated carbocycles. The Labute approximate surface area is 146 Å². The summed E-state index contributed by atoms with van der Waals surface area (Å²) in [6.07, 6.45) is 0. The van der Waals surface area contributed by atoms with Crippen LogP contribution < -0.4 is 4.90 Å². The number of anilines is 1. The van der Waals surface area contributed by atoms with Gasteiger partial charge in [-0.2, -0.15) is 0 Å². The molecule has 0 aliphatic carbocycles. The zero-order valence-electron chi connectivity index (χ0n) is 14.2. The Morgan fingerprint density at radius 2 is 1.52 bits per heavy atom. The maximum absolute atomic E-state index is 12.9. The summed E-state index contributed by atoms with van der Waals surface area (Å²) in [5.74, 6) is -0.518. The molecule has 126 valence electrons. The lowest BCUT2D eigenvalue weighted by atomic mass is 10.1. The van der Waals surface area contributed by atoms with Crippen molar-refractivity contribution in [1.29, 1.82) is 0 Å². The first-order valence-corrected chi connectivity index (χ1v) is 8.13. The van der Waals surface area contributed by atoms with Crippen LogP contribution in [0.5, 0.6) is 0 Å². The van der Waals surface area contributed by atoms with Gasteiger partial charge in [0.15, 0.2) is 0 Å². The second-order valence-electron chi connectivity index (χ2n) is 5.65.